The van der Waals surface area contributed by atoms with E-state index in [9.17, 15) is 0 Å². The molecule has 0 radical (unpaired) electrons. The molecule has 0 amide bonds. The summed E-state index contributed by atoms with van der Waals surface area (Å²) >= 11 is 0. The highest BCUT2D eigenvalue weighted by Gasteiger charge is 2.25. The summed E-state index contributed by atoms with van der Waals surface area (Å²) in [6, 6.07) is 6.98. The molecule has 0 aliphatic heterocycles. The fraction of sp³-hybridized carbons (Fsp3) is 0.462. The number of hydrogen-bond donors (Lipinski definition) is 1. The topological polar surface area (TPSA) is 32.6 Å². The van der Waals surface area contributed by atoms with Crippen molar-refractivity contribution in [2.24, 2.45) is 0 Å². The van der Waals surface area contributed by atoms with Crippen LogP contribution in [0.3, 0.4) is 0 Å². The van der Waals surface area contributed by atoms with Crippen LogP contribution in [0.5, 0.6) is 0 Å². The van der Waals surface area contributed by atoms with Gasteiger partial charge < -0.3 is 10.2 Å². The van der Waals surface area contributed by atoms with Gasteiger partial charge in [0.1, 0.15) is 11.5 Å². The highest BCUT2D eigenvalue weighted by atomic mass is 15.2. The highest BCUT2D eigenvalue weighted by molar-refractivity contribution is 5.49. The van der Waals surface area contributed by atoms with Crippen LogP contribution >= 0.6 is 0 Å². The monoisotopic (exact) mass is 230 g/mol. The van der Waals surface area contributed by atoms with E-state index in [1.807, 2.05) is 24.5 Å². The summed E-state index contributed by atoms with van der Waals surface area (Å²) in [5.74, 6) is 1.11. The molecule has 1 aliphatic carbocycles. The largest absolute Gasteiger partial charge is 0.370 e. The Balaban J connectivity index is 1.62. The zero-order chi connectivity index (χ0) is 11.7. The Hall–Kier alpha value is -1.55. The molecule has 1 N–H and O–H groups in total. The molecule has 0 aromatic carbocycles. The molecule has 1 saturated carbocycles. The normalized spacial score (nSPS) is 15.6. The third kappa shape index (κ3) is 2.26. The van der Waals surface area contributed by atoms with Gasteiger partial charge >= 0.3 is 0 Å². The lowest BCUT2D eigenvalue weighted by molar-refractivity contribution is 0.337. The van der Waals surface area contributed by atoms with Crippen LogP contribution in [0.2, 0.25) is 0 Å². The van der Waals surface area contributed by atoms with Crippen molar-refractivity contribution in [3.63, 3.8) is 0 Å². The molecule has 0 unspecified atom stereocenters. The maximum Gasteiger partial charge on any atom is 0.138 e. The number of nitrogens with one attached hydrogen (secondary N) is 1. The summed E-state index contributed by atoms with van der Waals surface area (Å²) in [5.41, 5.74) is 0.991. The number of rotatable bonds is 5. The first-order valence-corrected chi connectivity index (χ1v) is 6.21. The molecular formula is C13H18N4. The molecular weight excluding hydrogens is 212 g/mol. The number of likely N-dealkylation sites (N-methyl/N-ethyl adjacent to an activating group) is 1. The van der Waals surface area contributed by atoms with Crippen molar-refractivity contribution in [1.29, 1.82) is 0 Å². The number of nitrogens with zero attached hydrogens (tertiary/aromatic N) is 3. The van der Waals surface area contributed by atoms with Crippen LogP contribution in [0.25, 0.3) is 5.65 Å². The van der Waals surface area contributed by atoms with Gasteiger partial charge in [0, 0.05) is 31.5 Å². The molecule has 3 rings (SSSR count). The van der Waals surface area contributed by atoms with Crippen LogP contribution < -0.4 is 5.32 Å². The first-order valence-electron chi connectivity index (χ1n) is 6.21. The first-order chi connectivity index (χ1) is 8.34. The van der Waals surface area contributed by atoms with Gasteiger partial charge in [0.25, 0.3) is 0 Å². The van der Waals surface area contributed by atoms with E-state index in [-0.39, 0.29) is 0 Å². The quantitative estimate of drug-likeness (QED) is 0.850. The van der Waals surface area contributed by atoms with Gasteiger partial charge in [0.2, 0.25) is 0 Å². The van der Waals surface area contributed by atoms with E-state index in [1.54, 1.807) is 0 Å². The van der Waals surface area contributed by atoms with E-state index in [0.717, 1.165) is 30.6 Å². The van der Waals surface area contributed by atoms with Gasteiger partial charge in [0.05, 0.1) is 0 Å². The maximum atomic E-state index is 4.27. The molecule has 90 valence electrons. The van der Waals surface area contributed by atoms with Gasteiger partial charge in [0.15, 0.2) is 0 Å². The SMILES string of the molecule is CN(CCNc1cccc2nccn12)C1CC1. The first kappa shape index (κ1) is 10.6. The van der Waals surface area contributed by atoms with Crippen LogP contribution in [0, 0.1) is 0 Å². The van der Waals surface area contributed by atoms with Crippen molar-refractivity contribution in [2.75, 3.05) is 25.5 Å². The molecule has 4 nitrogen and oxygen atoms in total. The fourth-order valence-electron chi connectivity index (χ4n) is 2.15. The minimum Gasteiger partial charge on any atom is -0.370 e. The van der Waals surface area contributed by atoms with Crippen LogP contribution in [0.15, 0.2) is 30.6 Å². The molecule has 2 heterocycles. The summed E-state index contributed by atoms with van der Waals surface area (Å²) in [4.78, 5) is 6.70. The van der Waals surface area contributed by atoms with Crippen LogP contribution in [0.1, 0.15) is 12.8 Å². The zero-order valence-electron chi connectivity index (χ0n) is 10.1. The van der Waals surface area contributed by atoms with Crippen LogP contribution in [0.4, 0.5) is 5.82 Å². The second-order valence-corrected chi connectivity index (χ2v) is 4.71. The summed E-state index contributed by atoms with van der Waals surface area (Å²) < 4.78 is 2.08. The zero-order valence-corrected chi connectivity index (χ0v) is 10.1. The molecule has 2 aromatic rings. The minimum atomic E-state index is 0.834. The molecule has 0 spiro atoms. The third-order valence-electron chi connectivity index (χ3n) is 3.37. The Morgan fingerprint density at radius 1 is 1.47 bits per heavy atom. The van der Waals surface area contributed by atoms with Crippen molar-refractivity contribution in [1.82, 2.24) is 14.3 Å². The fourth-order valence-corrected chi connectivity index (χ4v) is 2.15. The van der Waals surface area contributed by atoms with Gasteiger partial charge in [-0.15, -0.1) is 0 Å². The van der Waals surface area contributed by atoms with Crippen molar-refractivity contribution in [3.05, 3.63) is 30.6 Å². The Morgan fingerprint density at radius 2 is 2.35 bits per heavy atom. The van der Waals surface area contributed by atoms with Crippen molar-refractivity contribution < 1.29 is 0 Å². The number of hydrogen-bond acceptors (Lipinski definition) is 3. The van der Waals surface area contributed by atoms with Gasteiger partial charge in [-0.3, -0.25) is 4.40 Å². The third-order valence-corrected chi connectivity index (χ3v) is 3.37. The van der Waals surface area contributed by atoms with Gasteiger partial charge in [-0.2, -0.15) is 0 Å². The Labute approximate surface area is 101 Å². The molecule has 4 heteroatoms. The van der Waals surface area contributed by atoms with Crippen molar-refractivity contribution >= 4 is 11.5 Å². The molecule has 1 aliphatic rings. The van der Waals surface area contributed by atoms with Gasteiger partial charge in [-0.05, 0) is 32.0 Å². The summed E-state index contributed by atoms with van der Waals surface area (Å²) in [6.45, 7) is 2.07. The van der Waals surface area contributed by atoms with E-state index in [1.165, 1.54) is 12.8 Å². The molecule has 0 saturated heterocycles. The van der Waals surface area contributed by atoms with Crippen LogP contribution in [-0.4, -0.2) is 40.5 Å². The number of anilines is 1. The van der Waals surface area contributed by atoms with E-state index >= 15 is 0 Å². The summed E-state index contributed by atoms with van der Waals surface area (Å²) in [7, 11) is 2.21. The number of imidazole rings is 1. The second kappa shape index (κ2) is 4.37. The highest BCUT2D eigenvalue weighted by Crippen LogP contribution is 2.24. The van der Waals surface area contributed by atoms with E-state index in [2.05, 4.69) is 32.7 Å². The Morgan fingerprint density at radius 3 is 3.18 bits per heavy atom. The number of aromatic nitrogens is 2. The lowest BCUT2D eigenvalue weighted by Gasteiger charge is -2.16. The molecule has 0 bridgehead atoms. The van der Waals surface area contributed by atoms with E-state index in [0.29, 0.717) is 0 Å². The van der Waals surface area contributed by atoms with Crippen molar-refractivity contribution in [2.45, 2.75) is 18.9 Å². The maximum absolute atomic E-state index is 4.27. The predicted molar refractivity (Wildman–Crippen MR) is 69.3 cm³/mol. The number of pyridine rings is 1. The van der Waals surface area contributed by atoms with E-state index < -0.39 is 0 Å². The number of fused-ring (bicyclic) bond motifs is 1. The Kier molecular flexibility index (Phi) is 2.73. The van der Waals surface area contributed by atoms with Crippen molar-refractivity contribution in [3.8, 4) is 0 Å². The molecule has 17 heavy (non-hydrogen) atoms. The lowest BCUT2D eigenvalue weighted by Crippen LogP contribution is -2.27. The van der Waals surface area contributed by atoms with E-state index in [4.69, 9.17) is 0 Å². The van der Waals surface area contributed by atoms with Gasteiger partial charge in [-0.1, -0.05) is 6.07 Å². The van der Waals surface area contributed by atoms with Crippen LogP contribution in [-0.2, 0) is 0 Å². The average molecular weight is 230 g/mol. The predicted octanol–water partition coefficient (Wildman–Crippen LogP) is 1.84. The standard InChI is InChI=1S/C13H18N4/c1-16(11-5-6-11)9-7-14-12-3-2-4-13-15-8-10-17(12)13/h2-4,8,10-11,14H,5-7,9H2,1H3. The Bertz CT molecular complexity index is 501. The molecule has 0 atom stereocenters. The second-order valence-electron chi connectivity index (χ2n) is 4.71. The smallest absolute Gasteiger partial charge is 0.138 e. The van der Waals surface area contributed by atoms with Gasteiger partial charge in [-0.25, -0.2) is 4.98 Å². The minimum absolute atomic E-state index is 0.834. The summed E-state index contributed by atoms with van der Waals surface area (Å²) in [6.07, 6.45) is 6.56. The molecule has 1 fully saturated rings. The lowest BCUT2D eigenvalue weighted by atomic mass is 10.4. The average Bonchev–Trinajstić information content (AvgIpc) is 3.07. The molecule has 2 aromatic heterocycles. The summed E-state index contributed by atoms with van der Waals surface area (Å²) in [5, 5.41) is 3.47.